The fourth-order valence-electron chi connectivity index (χ4n) is 5.25. The van der Waals surface area contributed by atoms with E-state index in [-0.39, 0.29) is 0 Å². The number of fused-ring (bicyclic) bond motifs is 1. The highest BCUT2D eigenvalue weighted by atomic mass is 16.4. The van der Waals surface area contributed by atoms with Gasteiger partial charge in [-0.05, 0) is 73.9 Å². The lowest BCUT2D eigenvalue weighted by Gasteiger charge is -2.30. The summed E-state index contributed by atoms with van der Waals surface area (Å²) in [7, 11) is 0. The average molecular weight is 471 g/mol. The van der Waals surface area contributed by atoms with Crippen LogP contribution in [0.3, 0.4) is 0 Å². The molecule has 6 rings (SSSR count). The van der Waals surface area contributed by atoms with E-state index in [2.05, 4.69) is 46.0 Å². The molecule has 2 heterocycles. The first kappa shape index (κ1) is 23.3. The molecule has 2 N–H and O–H groups in total. The summed E-state index contributed by atoms with van der Waals surface area (Å²) >= 11 is 0. The number of carbonyl (C=O) groups is 1. The van der Waals surface area contributed by atoms with Crippen LogP contribution in [0.2, 0.25) is 0 Å². The van der Waals surface area contributed by atoms with Crippen molar-refractivity contribution in [2.75, 3.05) is 23.3 Å². The molecule has 2 aliphatic carbocycles. The van der Waals surface area contributed by atoms with Crippen LogP contribution in [0.1, 0.15) is 69.9 Å². The molecule has 3 aliphatic rings. The summed E-state index contributed by atoms with van der Waals surface area (Å²) in [5, 5.41) is 22.4. The van der Waals surface area contributed by atoms with Crippen molar-refractivity contribution < 1.29 is 9.90 Å². The molecule has 0 spiro atoms. The van der Waals surface area contributed by atoms with Gasteiger partial charge >= 0.3 is 6.09 Å². The number of aromatic nitrogens is 1. The van der Waals surface area contributed by atoms with E-state index in [4.69, 9.17) is 5.11 Å². The van der Waals surface area contributed by atoms with Gasteiger partial charge in [0, 0.05) is 35.9 Å². The summed E-state index contributed by atoms with van der Waals surface area (Å²) in [4.78, 5) is 13.3. The molecule has 2 aromatic carbocycles. The minimum atomic E-state index is -1.08. The zero-order chi connectivity index (χ0) is 24.4. The van der Waals surface area contributed by atoms with E-state index in [1.807, 2.05) is 12.1 Å². The third-order valence-corrected chi connectivity index (χ3v) is 7.69. The maximum atomic E-state index is 10.9. The Hall–Kier alpha value is -3.46. The number of nitrogens with one attached hydrogen (secondary N) is 1. The number of nitriles is 1. The molecule has 182 valence electrons. The lowest BCUT2D eigenvalue weighted by Crippen LogP contribution is -2.19. The lowest BCUT2D eigenvalue weighted by atomic mass is 9.92. The third-order valence-electron chi connectivity index (χ3n) is 7.69. The van der Waals surface area contributed by atoms with Gasteiger partial charge in [0.1, 0.15) is 6.07 Å². The highest BCUT2D eigenvalue weighted by Gasteiger charge is 2.28. The molecule has 3 fully saturated rings. The van der Waals surface area contributed by atoms with Crippen LogP contribution in [0.5, 0.6) is 0 Å². The fraction of sp³-hybridized carbons (Fsp3) is 0.448. The van der Waals surface area contributed by atoms with Crippen molar-refractivity contribution >= 4 is 28.4 Å². The van der Waals surface area contributed by atoms with Gasteiger partial charge in [0.2, 0.25) is 0 Å². The number of amides is 1. The normalized spacial score (nSPS) is 17.4. The van der Waals surface area contributed by atoms with Crippen LogP contribution in [-0.4, -0.2) is 28.9 Å². The second kappa shape index (κ2) is 10.0. The van der Waals surface area contributed by atoms with Crippen molar-refractivity contribution in [1.29, 1.82) is 5.26 Å². The quantitative estimate of drug-likeness (QED) is 0.407. The first-order chi connectivity index (χ1) is 17.1. The smallest absolute Gasteiger partial charge is 0.409 e. The Morgan fingerprint density at radius 1 is 1.06 bits per heavy atom. The van der Waals surface area contributed by atoms with Gasteiger partial charge in [-0.25, -0.2) is 4.79 Å². The van der Waals surface area contributed by atoms with Crippen molar-refractivity contribution in [2.45, 2.75) is 64.3 Å². The minimum Gasteiger partial charge on any atom is -0.465 e. The summed E-state index contributed by atoms with van der Waals surface area (Å²) in [6.07, 6.45) is 9.26. The van der Waals surface area contributed by atoms with Crippen LogP contribution >= 0.6 is 0 Å². The maximum absolute atomic E-state index is 10.9. The zero-order valence-electron chi connectivity index (χ0n) is 20.5. The second-order valence-electron chi connectivity index (χ2n) is 10.0. The molecule has 0 radical (unpaired) electrons. The molecule has 2 saturated carbocycles. The van der Waals surface area contributed by atoms with Gasteiger partial charge in [0.05, 0.1) is 16.8 Å². The number of nitrogens with zero attached hydrogens (tertiary/aromatic N) is 3. The van der Waals surface area contributed by atoms with E-state index in [0.29, 0.717) is 17.3 Å². The van der Waals surface area contributed by atoms with Crippen molar-refractivity contribution in [3.8, 4) is 17.3 Å². The molecule has 6 nitrogen and oxygen atoms in total. The number of hydrogen-bond donors (Lipinski definition) is 2. The van der Waals surface area contributed by atoms with Crippen LogP contribution in [0, 0.1) is 17.2 Å². The van der Waals surface area contributed by atoms with Gasteiger partial charge in [0.25, 0.3) is 0 Å². The Morgan fingerprint density at radius 3 is 2.29 bits per heavy atom. The summed E-state index contributed by atoms with van der Waals surface area (Å²) in [5.41, 5.74) is 5.46. The van der Waals surface area contributed by atoms with Crippen LogP contribution in [0.25, 0.3) is 22.2 Å². The molecule has 1 saturated heterocycles. The maximum Gasteiger partial charge on any atom is 0.409 e. The van der Waals surface area contributed by atoms with E-state index in [0.717, 1.165) is 54.0 Å². The Bertz CT molecular complexity index is 1240. The zero-order valence-corrected chi connectivity index (χ0v) is 20.5. The highest BCUT2D eigenvalue weighted by molar-refractivity contribution is 5.96. The van der Waals surface area contributed by atoms with Gasteiger partial charge in [0.15, 0.2) is 0 Å². The molecule has 6 heteroatoms. The molecule has 3 aromatic rings. The van der Waals surface area contributed by atoms with E-state index in [9.17, 15) is 10.1 Å². The van der Waals surface area contributed by atoms with Gasteiger partial charge < -0.3 is 14.6 Å². The molecule has 1 aliphatic heterocycles. The second-order valence-corrected chi connectivity index (χ2v) is 10.0. The van der Waals surface area contributed by atoms with Gasteiger partial charge in [-0.3, -0.25) is 5.32 Å². The SMILES string of the molecule is CCC1CC1.N#Cc1c(-c2ccc(NC(=O)O)cc2)n(C2CCC2)c2cc(N3CCCC3)ccc12. The lowest BCUT2D eigenvalue weighted by molar-refractivity contribution is 0.209. The fourth-order valence-corrected chi connectivity index (χ4v) is 5.25. The summed E-state index contributed by atoms with van der Waals surface area (Å²) in [6.45, 7) is 4.44. The molecule has 35 heavy (non-hydrogen) atoms. The van der Waals surface area contributed by atoms with Crippen molar-refractivity contribution in [2.24, 2.45) is 5.92 Å². The first-order valence-electron chi connectivity index (χ1n) is 13.0. The summed E-state index contributed by atoms with van der Waals surface area (Å²) in [5.74, 6) is 1.13. The first-order valence-corrected chi connectivity index (χ1v) is 13.0. The molecular formula is C29H34N4O2. The van der Waals surface area contributed by atoms with Crippen molar-refractivity contribution in [1.82, 2.24) is 4.57 Å². The topological polar surface area (TPSA) is 81.3 Å². The predicted molar refractivity (Wildman–Crippen MR) is 141 cm³/mol. The van der Waals surface area contributed by atoms with Gasteiger partial charge in [-0.1, -0.05) is 38.3 Å². The predicted octanol–water partition coefficient (Wildman–Crippen LogP) is 7.40. The minimum absolute atomic E-state index is 0.398. The summed E-state index contributed by atoms with van der Waals surface area (Å²) in [6, 6.07) is 16.6. The average Bonchev–Trinajstić information content (AvgIpc) is 3.42. The van der Waals surface area contributed by atoms with Crippen LogP contribution in [0.4, 0.5) is 16.2 Å². The van der Waals surface area contributed by atoms with E-state index in [1.54, 1.807) is 12.1 Å². The van der Waals surface area contributed by atoms with E-state index in [1.165, 1.54) is 44.2 Å². The van der Waals surface area contributed by atoms with E-state index >= 15 is 0 Å². The Kier molecular flexibility index (Phi) is 6.68. The molecule has 0 unspecified atom stereocenters. The molecule has 1 amide bonds. The molecule has 1 aromatic heterocycles. The number of rotatable bonds is 5. The Labute approximate surface area is 207 Å². The largest absolute Gasteiger partial charge is 0.465 e. The van der Waals surface area contributed by atoms with Gasteiger partial charge in [-0.15, -0.1) is 0 Å². The Balaban J connectivity index is 0.000000453. The number of carboxylic acid groups (broad SMARTS) is 1. The van der Waals surface area contributed by atoms with Gasteiger partial charge in [-0.2, -0.15) is 5.26 Å². The monoisotopic (exact) mass is 470 g/mol. The summed E-state index contributed by atoms with van der Waals surface area (Å²) < 4.78 is 2.36. The number of hydrogen-bond acceptors (Lipinski definition) is 3. The van der Waals surface area contributed by atoms with E-state index < -0.39 is 6.09 Å². The number of benzene rings is 2. The Morgan fingerprint density at radius 2 is 1.77 bits per heavy atom. The molecule has 0 bridgehead atoms. The van der Waals surface area contributed by atoms with Crippen LogP contribution < -0.4 is 10.2 Å². The highest BCUT2D eigenvalue weighted by Crippen LogP contribution is 2.43. The molecule has 0 atom stereocenters. The number of anilines is 2. The van der Waals surface area contributed by atoms with Crippen molar-refractivity contribution in [3.05, 3.63) is 48.0 Å². The third kappa shape index (κ3) is 4.86. The standard InChI is InChI=1S/C24H24N4O2.C5H10/c25-15-21-20-11-10-19(27-12-1-2-13-27)14-22(20)28(18-4-3-5-18)23(21)16-6-8-17(9-7-16)26-24(29)30;1-2-5-3-4-5/h6-11,14,18,26H,1-5,12-13H2,(H,29,30);5H,2-4H2,1H3. The van der Waals surface area contributed by atoms with Crippen LogP contribution in [-0.2, 0) is 0 Å². The molecular weight excluding hydrogens is 436 g/mol. The van der Waals surface area contributed by atoms with Crippen LogP contribution in [0.15, 0.2) is 42.5 Å². The van der Waals surface area contributed by atoms with Crippen molar-refractivity contribution in [3.63, 3.8) is 0 Å².